The van der Waals surface area contributed by atoms with Crippen LogP contribution < -0.4 is 26.0 Å². The summed E-state index contributed by atoms with van der Waals surface area (Å²) in [4.78, 5) is 42.4. The maximum absolute atomic E-state index is 12.9. The van der Waals surface area contributed by atoms with Gasteiger partial charge in [-0.1, -0.05) is 22.9 Å². The van der Waals surface area contributed by atoms with Crippen LogP contribution in [0.4, 0.5) is 0 Å². The molecular weight excluding hydrogens is 468 g/mol. The first-order valence-electron chi connectivity index (χ1n) is 11.0. The fraction of sp³-hybridized carbons (Fsp3) is 0.250. The summed E-state index contributed by atoms with van der Waals surface area (Å²) in [6.07, 6.45) is 0. The predicted molar refractivity (Wildman–Crippen MR) is 129 cm³/mol. The highest BCUT2D eigenvalue weighted by Crippen LogP contribution is 2.24. The average Bonchev–Trinajstić information content (AvgIpc) is 3.38. The van der Waals surface area contributed by atoms with Crippen molar-refractivity contribution in [3.63, 3.8) is 0 Å². The molecule has 0 aliphatic carbocycles. The molecule has 0 radical (unpaired) electrons. The third kappa shape index (κ3) is 4.73. The molecule has 0 spiro atoms. The smallest absolute Gasteiger partial charge is 0.352 e. The minimum absolute atomic E-state index is 0.105. The van der Waals surface area contributed by atoms with E-state index >= 15 is 0 Å². The second-order valence-corrected chi connectivity index (χ2v) is 7.71. The first kappa shape index (κ1) is 24.4. The Morgan fingerprint density at radius 3 is 2.50 bits per heavy atom. The van der Waals surface area contributed by atoms with Gasteiger partial charge in [0.2, 0.25) is 5.82 Å². The van der Waals surface area contributed by atoms with Crippen molar-refractivity contribution in [1.29, 1.82) is 0 Å². The fourth-order valence-electron chi connectivity index (χ4n) is 3.45. The minimum atomic E-state index is -0.693. The van der Waals surface area contributed by atoms with Crippen LogP contribution in [0.3, 0.4) is 0 Å². The summed E-state index contributed by atoms with van der Waals surface area (Å²) in [5.74, 6) is -0.0939. The summed E-state index contributed by atoms with van der Waals surface area (Å²) in [6.45, 7) is 3.79. The zero-order valence-electron chi connectivity index (χ0n) is 20.1. The second-order valence-electron chi connectivity index (χ2n) is 7.71. The van der Waals surface area contributed by atoms with E-state index in [1.807, 2.05) is 19.1 Å². The number of hydrogen-bond donors (Lipinski definition) is 1. The van der Waals surface area contributed by atoms with Crippen LogP contribution in [0, 0.1) is 6.92 Å². The first-order chi connectivity index (χ1) is 17.4. The lowest BCUT2D eigenvalue weighted by atomic mass is 10.2. The molecule has 0 aliphatic heterocycles. The number of aromatic nitrogens is 5. The van der Waals surface area contributed by atoms with Gasteiger partial charge >= 0.3 is 17.5 Å². The summed E-state index contributed by atoms with van der Waals surface area (Å²) in [7, 11) is 3.05. The number of rotatable bonds is 8. The van der Waals surface area contributed by atoms with Crippen LogP contribution in [0.5, 0.6) is 11.5 Å². The fourth-order valence-corrected chi connectivity index (χ4v) is 3.45. The molecule has 36 heavy (non-hydrogen) atoms. The van der Waals surface area contributed by atoms with Gasteiger partial charge in [-0.25, -0.2) is 4.79 Å². The number of hydrogen-bond acceptors (Lipinski definition) is 9. The molecule has 0 bridgehead atoms. The van der Waals surface area contributed by atoms with Gasteiger partial charge in [-0.15, -0.1) is 0 Å². The van der Waals surface area contributed by atoms with E-state index in [0.29, 0.717) is 22.7 Å². The summed E-state index contributed by atoms with van der Waals surface area (Å²) >= 11 is 0. The van der Waals surface area contributed by atoms with Crippen LogP contribution in [0.25, 0.3) is 17.2 Å². The van der Waals surface area contributed by atoms with Crippen LogP contribution in [0.15, 0.2) is 56.6 Å². The number of benzene rings is 2. The molecule has 186 valence electrons. The average molecular weight is 492 g/mol. The predicted octanol–water partition coefficient (Wildman–Crippen LogP) is 1.72. The van der Waals surface area contributed by atoms with Crippen molar-refractivity contribution < 1.29 is 18.8 Å². The Hall–Kier alpha value is -4.74. The minimum Gasteiger partial charge on any atom is -0.497 e. The van der Waals surface area contributed by atoms with Crippen molar-refractivity contribution in [2.45, 2.75) is 26.9 Å². The van der Waals surface area contributed by atoms with Crippen LogP contribution in [-0.4, -0.2) is 44.6 Å². The zero-order chi connectivity index (χ0) is 25.8. The molecule has 2 aromatic heterocycles. The molecule has 2 heterocycles. The number of carbonyl (C=O) groups excluding carboxylic acids is 1. The normalized spacial score (nSPS) is 10.8. The molecule has 0 saturated heterocycles. The van der Waals surface area contributed by atoms with E-state index in [2.05, 4.69) is 20.6 Å². The van der Waals surface area contributed by atoms with Gasteiger partial charge in [-0.2, -0.15) is 14.8 Å². The third-order valence-corrected chi connectivity index (χ3v) is 5.42. The van der Waals surface area contributed by atoms with Crippen LogP contribution in [-0.2, 0) is 13.1 Å². The molecule has 1 amide bonds. The van der Waals surface area contributed by atoms with Gasteiger partial charge in [-0.3, -0.25) is 14.2 Å². The van der Waals surface area contributed by atoms with Crippen molar-refractivity contribution in [2.75, 3.05) is 14.2 Å². The molecule has 0 fully saturated rings. The van der Waals surface area contributed by atoms with Crippen molar-refractivity contribution >= 4 is 5.91 Å². The van der Waals surface area contributed by atoms with Crippen LogP contribution >= 0.6 is 0 Å². The van der Waals surface area contributed by atoms with Crippen molar-refractivity contribution in [2.24, 2.45) is 0 Å². The lowest BCUT2D eigenvalue weighted by molar-refractivity contribution is 0.0906. The highest BCUT2D eigenvalue weighted by Gasteiger charge is 2.22. The number of nitrogens with one attached hydrogen (secondary N) is 1. The van der Waals surface area contributed by atoms with E-state index in [9.17, 15) is 14.4 Å². The topological polar surface area (TPSA) is 143 Å². The molecule has 4 aromatic rings. The highest BCUT2D eigenvalue weighted by molar-refractivity contribution is 5.89. The molecule has 12 heteroatoms. The maximum Gasteiger partial charge on any atom is 0.352 e. The van der Waals surface area contributed by atoms with E-state index in [-0.39, 0.29) is 30.5 Å². The molecule has 0 aliphatic rings. The molecule has 0 unspecified atom stereocenters. The van der Waals surface area contributed by atoms with E-state index in [1.165, 1.54) is 7.11 Å². The molecular formula is C24H24N6O6. The van der Waals surface area contributed by atoms with Crippen LogP contribution in [0.2, 0.25) is 0 Å². The second kappa shape index (κ2) is 10.3. The van der Waals surface area contributed by atoms with Gasteiger partial charge in [0.1, 0.15) is 11.5 Å². The van der Waals surface area contributed by atoms with E-state index in [4.69, 9.17) is 14.0 Å². The Kier molecular flexibility index (Phi) is 6.95. The Morgan fingerprint density at radius 1 is 1.08 bits per heavy atom. The van der Waals surface area contributed by atoms with Gasteiger partial charge in [0.05, 0.1) is 19.9 Å². The summed E-state index contributed by atoms with van der Waals surface area (Å²) in [6, 6.07) is 12.2. The molecule has 0 atom stereocenters. The van der Waals surface area contributed by atoms with Crippen LogP contribution in [0.1, 0.15) is 28.7 Å². The monoisotopic (exact) mass is 492 g/mol. The summed E-state index contributed by atoms with van der Waals surface area (Å²) < 4.78 is 17.7. The van der Waals surface area contributed by atoms with Gasteiger partial charge in [0, 0.05) is 24.7 Å². The van der Waals surface area contributed by atoms with Gasteiger partial charge in [0.15, 0.2) is 5.69 Å². The molecule has 1 N–H and O–H groups in total. The highest BCUT2D eigenvalue weighted by atomic mass is 16.5. The molecule has 4 rings (SSSR count). The van der Waals surface area contributed by atoms with E-state index < -0.39 is 17.2 Å². The number of aryl methyl sites for hydroxylation is 1. The van der Waals surface area contributed by atoms with Gasteiger partial charge < -0.3 is 19.3 Å². The van der Waals surface area contributed by atoms with Gasteiger partial charge in [-0.05, 0) is 38.1 Å². The maximum atomic E-state index is 12.9. The van der Waals surface area contributed by atoms with Crippen molar-refractivity contribution in [3.05, 3.63) is 80.3 Å². The number of carbonyl (C=O) groups is 1. The molecule has 0 saturated carbocycles. The SMILES string of the molecule is CCn1c(=O)c(-c2noc(C(=O)NCc3ccc(OC)cc3OC)n2)nn(-c2ccc(C)cc2)c1=O. The lowest BCUT2D eigenvalue weighted by Gasteiger charge is -2.10. The molecule has 12 nitrogen and oxygen atoms in total. The Balaban J connectivity index is 1.62. The number of methoxy groups -OCH3 is 2. The zero-order valence-corrected chi connectivity index (χ0v) is 20.1. The Labute approximate surface area is 205 Å². The van der Waals surface area contributed by atoms with Crippen molar-refractivity contribution in [1.82, 2.24) is 29.8 Å². The largest absolute Gasteiger partial charge is 0.497 e. The number of ether oxygens (including phenoxy) is 2. The number of nitrogens with zero attached hydrogens (tertiary/aromatic N) is 5. The summed E-state index contributed by atoms with van der Waals surface area (Å²) in [5.41, 5.74) is 0.633. The Morgan fingerprint density at radius 2 is 1.83 bits per heavy atom. The number of amides is 1. The van der Waals surface area contributed by atoms with E-state index in [1.54, 1.807) is 44.4 Å². The third-order valence-electron chi connectivity index (χ3n) is 5.42. The lowest BCUT2D eigenvalue weighted by Crippen LogP contribution is -2.41. The standard InChI is InChI=1S/C24H24N6O6/c1-5-29-23(32)19(27-30(24(29)33)16-9-6-14(2)7-10-16)20-26-22(36-28-20)21(31)25-13-15-8-11-17(34-3)12-18(15)35-4/h6-12H,5,13H2,1-4H3,(H,25,31). The van der Waals surface area contributed by atoms with E-state index in [0.717, 1.165) is 14.8 Å². The van der Waals surface area contributed by atoms with Gasteiger partial charge in [0.25, 0.3) is 5.56 Å². The summed E-state index contributed by atoms with van der Waals surface area (Å²) in [5, 5.41) is 10.6. The Bertz CT molecular complexity index is 1520. The quantitative estimate of drug-likeness (QED) is 0.389. The molecule has 2 aromatic carbocycles. The first-order valence-corrected chi connectivity index (χ1v) is 11.0. The van der Waals surface area contributed by atoms with Crippen molar-refractivity contribution in [3.8, 4) is 28.7 Å².